The lowest BCUT2D eigenvalue weighted by atomic mass is 10.1. The fraction of sp³-hybridized carbons (Fsp3) is 0.375. The highest BCUT2D eigenvalue weighted by molar-refractivity contribution is 7.89. The van der Waals surface area contributed by atoms with Crippen molar-refractivity contribution in [2.45, 2.75) is 55.5 Å². The molecule has 1 atom stereocenters. The normalized spacial score (nSPS) is 17.6. The molecular formula is C24H28N4O7S3. The van der Waals surface area contributed by atoms with Crippen molar-refractivity contribution in [2.24, 2.45) is 10.1 Å². The second kappa shape index (κ2) is 11.1. The number of hydrogen-bond donors (Lipinski definition) is 1. The maximum atomic E-state index is 13.1. The molecule has 2 heterocycles. The summed E-state index contributed by atoms with van der Waals surface area (Å²) in [6, 6.07) is 9.61. The van der Waals surface area contributed by atoms with Gasteiger partial charge in [0.2, 0.25) is 20.0 Å². The number of primary sulfonamides is 1. The molecule has 11 nitrogen and oxygen atoms in total. The van der Waals surface area contributed by atoms with Crippen molar-refractivity contribution in [3.05, 3.63) is 52.8 Å². The number of carbonyl (C=O) groups is 2. The summed E-state index contributed by atoms with van der Waals surface area (Å²) in [4.78, 5) is 29.5. The minimum absolute atomic E-state index is 0.0948. The second-order valence-corrected chi connectivity index (χ2v) is 13.3. The first-order valence-corrected chi connectivity index (χ1v) is 15.7. The molecule has 4 rings (SSSR count). The van der Waals surface area contributed by atoms with E-state index >= 15 is 0 Å². The fourth-order valence-electron chi connectivity index (χ4n) is 4.29. The van der Waals surface area contributed by atoms with Crippen LogP contribution in [0.25, 0.3) is 10.2 Å². The summed E-state index contributed by atoms with van der Waals surface area (Å²) < 4.78 is 58.2. The van der Waals surface area contributed by atoms with Gasteiger partial charge >= 0.3 is 5.97 Å². The Hall–Kier alpha value is -2.91. The maximum Gasteiger partial charge on any atom is 0.326 e. The highest BCUT2D eigenvalue weighted by atomic mass is 32.2. The van der Waals surface area contributed by atoms with Gasteiger partial charge in [-0.2, -0.15) is 9.30 Å². The average molecular weight is 581 g/mol. The third-order valence-electron chi connectivity index (χ3n) is 6.22. The number of carbonyl (C=O) groups excluding carboxylic acids is 2. The van der Waals surface area contributed by atoms with E-state index in [4.69, 9.17) is 9.88 Å². The van der Waals surface area contributed by atoms with Gasteiger partial charge in [0.15, 0.2) is 4.80 Å². The molecule has 38 heavy (non-hydrogen) atoms. The van der Waals surface area contributed by atoms with Crippen LogP contribution in [0.5, 0.6) is 0 Å². The molecule has 3 aromatic rings. The van der Waals surface area contributed by atoms with Crippen molar-refractivity contribution >= 4 is 53.5 Å². The standard InChI is InChI=1S/C24H28N4O7S3/c1-3-35-22(29)15-27-20-12-11-19(37(25,31)32)14-21(20)36-24(27)26-23(30)17-7-9-18(10-8-17)38(33,34)28-13-5-4-6-16(28)2/h7-12,14,16H,3-6,13,15H2,1-2H3,(H2,25,31,32)/t16-/m0/s1. The Morgan fingerprint density at radius 1 is 1.08 bits per heavy atom. The largest absolute Gasteiger partial charge is 0.465 e. The Balaban J connectivity index is 1.71. The van der Waals surface area contributed by atoms with Gasteiger partial charge in [0.25, 0.3) is 5.91 Å². The molecule has 2 aromatic carbocycles. The molecule has 0 unspecified atom stereocenters. The predicted molar refractivity (Wildman–Crippen MR) is 141 cm³/mol. The smallest absolute Gasteiger partial charge is 0.326 e. The third kappa shape index (κ3) is 5.89. The van der Waals surface area contributed by atoms with Gasteiger partial charge in [0.05, 0.1) is 26.6 Å². The SMILES string of the molecule is CCOC(=O)Cn1c(=NC(=O)c2ccc(S(=O)(=O)N3CCCC[C@@H]3C)cc2)sc2cc(S(N)(=O)=O)ccc21. The predicted octanol–water partition coefficient (Wildman–Crippen LogP) is 2.22. The van der Waals surface area contributed by atoms with Gasteiger partial charge in [0.1, 0.15) is 6.54 Å². The van der Waals surface area contributed by atoms with Crippen LogP contribution < -0.4 is 9.94 Å². The van der Waals surface area contributed by atoms with E-state index in [9.17, 15) is 26.4 Å². The van der Waals surface area contributed by atoms with E-state index in [1.807, 2.05) is 6.92 Å². The van der Waals surface area contributed by atoms with Crippen LogP contribution >= 0.6 is 11.3 Å². The lowest BCUT2D eigenvalue weighted by Crippen LogP contribution is -2.41. The van der Waals surface area contributed by atoms with E-state index in [1.165, 1.54) is 51.3 Å². The zero-order valence-corrected chi connectivity index (χ0v) is 23.3. The molecule has 1 saturated heterocycles. The van der Waals surface area contributed by atoms with Crippen LogP contribution in [-0.4, -0.2) is 56.8 Å². The molecule has 0 radical (unpaired) electrons. The summed E-state index contributed by atoms with van der Waals surface area (Å²) in [5.41, 5.74) is 0.625. The van der Waals surface area contributed by atoms with E-state index in [0.29, 0.717) is 16.8 Å². The molecule has 0 spiro atoms. The van der Waals surface area contributed by atoms with Crippen LogP contribution in [0.1, 0.15) is 43.5 Å². The summed E-state index contributed by atoms with van der Waals surface area (Å²) in [6.07, 6.45) is 2.59. The van der Waals surface area contributed by atoms with Crippen molar-refractivity contribution in [2.75, 3.05) is 13.2 Å². The number of nitrogens with zero attached hydrogens (tertiary/aromatic N) is 3. The summed E-state index contributed by atoms with van der Waals surface area (Å²) in [7, 11) is -7.66. The number of amides is 1. The van der Waals surface area contributed by atoms with E-state index in [-0.39, 0.29) is 39.3 Å². The average Bonchev–Trinajstić information content (AvgIpc) is 3.19. The first kappa shape index (κ1) is 28.1. The van der Waals surface area contributed by atoms with Crippen molar-refractivity contribution < 1.29 is 31.2 Å². The highest BCUT2D eigenvalue weighted by Crippen LogP contribution is 2.26. The van der Waals surface area contributed by atoms with E-state index in [0.717, 1.165) is 30.6 Å². The lowest BCUT2D eigenvalue weighted by Gasteiger charge is -2.32. The topological polar surface area (TPSA) is 158 Å². The number of ether oxygens (including phenoxy) is 1. The molecule has 0 aliphatic carbocycles. The number of piperidine rings is 1. The Labute approximate surface area is 224 Å². The molecular weight excluding hydrogens is 552 g/mol. The number of thiazole rings is 1. The molecule has 14 heteroatoms. The highest BCUT2D eigenvalue weighted by Gasteiger charge is 2.31. The first-order chi connectivity index (χ1) is 17.9. The number of aromatic nitrogens is 1. The monoisotopic (exact) mass is 580 g/mol. The van der Waals surface area contributed by atoms with Gasteiger partial charge in [-0.15, -0.1) is 0 Å². The minimum atomic E-state index is -3.97. The Bertz CT molecular complexity index is 1660. The zero-order chi connectivity index (χ0) is 27.7. The number of esters is 1. The Morgan fingerprint density at radius 3 is 2.39 bits per heavy atom. The molecule has 1 aromatic heterocycles. The molecule has 204 valence electrons. The zero-order valence-electron chi connectivity index (χ0n) is 20.9. The summed E-state index contributed by atoms with van der Waals surface area (Å²) >= 11 is 1.01. The number of hydrogen-bond acceptors (Lipinski definition) is 8. The van der Waals surface area contributed by atoms with Gasteiger partial charge in [-0.05, 0) is 69.2 Å². The molecule has 1 aliphatic heterocycles. The maximum absolute atomic E-state index is 13.1. The summed E-state index contributed by atoms with van der Waals surface area (Å²) in [6.45, 7) is 3.92. The number of sulfonamides is 2. The van der Waals surface area contributed by atoms with Crippen molar-refractivity contribution in [1.82, 2.24) is 8.87 Å². The quantitative estimate of drug-likeness (QED) is 0.420. The molecule has 2 N–H and O–H groups in total. The van der Waals surface area contributed by atoms with Gasteiger partial charge in [-0.1, -0.05) is 17.8 Å². The van der Waals surface area contributed by atoms with Crippen LogP contribution in [-0.2, 0) is 36.1 Å². The van der Waals surface area contributed by atoms with Crippen molar-refractivity contribution in [3.8, 4) is 0 Å². The third-order valence-corrected chi connectivity index (χ3v) is 10.2. The van der Waals surface area contributed by atoms with E-state index in [1.54, 1.807) is 6.92 Å². The first-order valence-electron chi connectivity index (χ1n) is 11.9. The Kier molecular flexibility index (Phi) is 8.18. The van der Waals surface area contributed by atoms with Crippen LogP contribution in [0, 0.1) is 0 Å². The van der Waals surface area contributed by atoms with Gasteiger partial charge in [-0.3, -0.25) is 9.59 Å². The van der Waals surface area contributed by atoms with Crippen LogP contribution in [0.15, 0.2) is 57.2 Å². The molecule has 0 bridgehead atoms. The van der Waals surface area contributed by atoms with Gasteiger partial charge < -0.3 is 9.30 Å². The van der Waals surface area contributed by atoms with E-state index in [2.05, 4.69) is 4.99 Å². The number of nitrogens with two attached hydrogens (primary N) is 1. The van der Waals surface area contributed by atoms with Gasteiger partial charge in [0, 0.05) is 18.2 Å². The summed E-state index contributed by atoms with van der Waals surface area (Å²) in [5, 5.41) is 5.24. The van der Waals surface area contributed by atoms with Crippen LogP contribution in [0.3, 0.4) is 0 Å². The number of fused-ring (bicyclic) bond motifs is 1. The number of benzene rings is 2. The molecule has 1 amide bonds. The second-order valence-electron chi connectivity index (χ2n) is 8.85. The van der Waals surface area contributed by atoms with Crippen molar-refractivity contribution in [1.29, 1.82) is 0 Å². The fourth-order valence-corrected chi connectivity index (χ4v) is 7.67. The lowest BCUT2D eigenvalue weighted by molar-refractivity contribution is -0.143. The van der Waals surface area contributed by atoms with Crippen molar-refractivity contribution in [3.63, 3.8) is 0 Å². The number of rotatable bonds is 7. The van der Waals surface area contributed by atoms with E-state index < -0.39 is 31.9 Å². The molecule has 1 fully saturated rings. The van der Waals surface area contributed by atoms with Crippen LogP contribution in [0.2, 0.25) is 0 Å². The Morgan fingerprint density at radius 2 is 1.76 bits per heavy atom. The summed E-state index contributed by atoms with van der Waals surface area (Å²) in [5.74, 6) is -1.21. The molecule has 1 aliphatic rings. The van der Waals surface area contributed by atoms with Crippen LogP contribution in [0.4, 0.5) is 0 Å². The van der Waals surface area contributed by atoms with Gasteiger partial charge in [-0.25, -0.2) is 22.0 Å². The minimum Gasteiger partial charge on any atom is -0.465 e. The molecule has 0 saturated carbocycles.